The molecule has 0 saturated heterocycles. The maximum absolute atomic E-state index is 13.5. The zero-order valence-electron chi connectivity index (χ0n) is 26.8. The second-order valence-electron chi connectivity index (χ2n) is 11.7. The molecule has 0 radical (unpaired) electrons. The number of amides is 5. The minimum Gasteiger partial charge on any atom is -0.508 e. The summed E-state index contributed by atoms with van der Waals surface area (Å²) in [5.41, 5.74) is 25.1. The molecule has 0 unspecified atom stereocenters. The topological polar surface area (TPSA) is 290 Å². The molecule has 2 aromatic carbocycles. The summed E-state index contributed by atoms with van der Waals surface area (Å²) in [7, 11) is 0. The maximum atomic E-state index is 13.5. The van der Waals surface area contributed by atoms with Crippen molar-refractivity contribution in [2.45, 2.75) is 62.7 Å². The normalized spacial score (nSPS) is 18.7. The van der Waals surface area contributed by atoms with Crippen molar-refractivity contribution in [2.24, 2.45) is 22.9 Å². The van der Waals surface area contributed by atoms with Crippen LogP contribution in [-0.4, -0.2) is 96.6 Å². The first kappa shape index (κ1) is 37.7. The van der Waals surface area contributed by atoms with Crippen LogP contribution in [0.25, 0.3) is 11.1 Å². The van der Waals surface area contributed by atoms with Gasteiger partial charge in [-0.3, -0.25) is 24.0 Å². The summed E-state index contributed by atoms with van der Waals surface area (Å²) in [4.78, 5) is 64.4. The van der Waals surface area contributed by atoms with Crippen molar-refractivity contribution in [3.8, 4) is 22.6 Å². The third-order valence-corrected chi connectivity index (χ3v) is 7.87. The van der Waals surface area contributed by atoms with E-state index in [0.717, 1.165) is 0 Å². The number of rotatable bonds is 13. The number of hydrogen-bond acceptors (Lipinski definition) is 11. The molecular formula is C32H47N9O7. The van der Waals surface area contributed by atoms with Crippen LogP contribution in [0.4, 0.5) is 0 Å². The van der Waals surface area contributed by atoms with Crippen molar-refractivity contribution >= 4 is 29.5 Å². The standard InChI is InChI=1S/C32H47N9O7/c33-9-1-4-24-32(48)41-25(31(47)39-17-28(44)37-11-2-3-22(35)29(45)38-12-10-34)16-21-14-19(6-8-27(21)43)18-5-7-26(42)20(13-18)15-23(36)30(46)40-24/h5-8,13-14,22-25,42-43H,1-4,9-12,15-17,33-36H2,(H,37,44)(H,38,45)(H,39,47)(H,40,46)(H,41,48)/t22-,23-,24-,25-/m0/s1. The van der Waals surface area contributed by atoms with Gasteiger partial charge in [0.1, 0.15) is 23.6 Å². The Morgan fingerprint density at radius 1 is 0.833 bits per heavy atom. The average Bonchev–Trinajstić information content (AvgIpc) is 3.07. The van der Waals surface area contributed by atoms with Crippen molar-refractivity contribution in [3.05, 3.63) is 47.5 Å². The lowest BCUT2D eigenvalue weighted by atomic mass is 9.95. The first-order chi connectivity index (χ1) is 22.9. The molecule has 5 amide bonds. The van der Waals surface area contributed by atoms with Gasteiger partial charge in [0.15, 0.2) is 0 Å². The Bertz CT molecular complexity index is 1460. The Morgan fingerprint density at radius 3 is 2.10 bits per heavy atom. The number of nitrogens with one attached hydrogen (secondary N) is 5. The van der Waals surface area contributed by atoms with Gasteiger partial charge >= 0.3 is 0 Å². The lowest BCUT2D eigenvalue weighted by molar-refractivity contribution is -0.133. The minimum absolute atomic E-state index is 0.0221. The Hall–Kier alpha value is -4.77. The molecule has 0 aromatic heterocycles. The molecule has 4 atom stereocenters. The zero-order chi connectivity index (χ0) is 35.2. The SMILES string of the molecule is NCCC[C@@H]1NC(=O)[C@@H](N)Cc2cc(ccc2O)-c2ccc(O)c(c2)C[C@@H](C(=O)NCC(=O)NCCC[C@H](N)C(=O)NCCN)NC1=O. The van der Waals surface area contributed by atoms with Crippen LogP contribution in [-0.2, 0) is 36.8 Å². The number of carbonyl (C=O) groups excluding carboxylic acids is 5. The van der Waals surface area contributed by atoms with Gasteiger partial charge in [-0.15, -0.1) is 0 Å². The molecule has 4 bridgehead atoms. The second-order valence-corrected chi connectivity index (χ2v) is 11.7. The molecule has 0 aliphatic carbocycles. The summed E-state index contributed by atoms with van der Waals surface area (Å²) in [6.45, 7) is 0.625. The van der Waals surface area contributed by atoms with Crippen molar-refractivity contribution in [1.82, 2.24) is 26.6 Å². The van der Waals surface area contributed by atoms with Crippen LogP contribution in [0.3, 0.4) is 0 Å². The van der Waals surface area contributed by atoms with Gasteiger partial charge in [0.25, 0.3) is 0 Å². The fraction of sp³-hybridized carbons (Fsp3) is 0.469. The van der Waals surface area contributed by atoms with Crippen molar-refractivity contribution < 1.29 is 34.2 Å². The Kier molecular flexibility index (Phi) is 14.6. The third kappa shape index (κ3) is 11.2. The van der Waals surface area contributed by atoms with Gasteiger partial charge < -0.3 is 59.7 Å². The quantitative estimate of drug-likeness (QED) is 0.0977. The third-order valence-electron chi connectivity index (χ3n) is 7.87. The van der Waals surface area contributed by atoms with Crippen molar-refractivity contribution in [3.63, 3.8) is 0 Å². The van der Waals surface area contributed by atoms with Crippen LogP contribution in [0, 0.1) is 0 Å². The van der Waals surface area contributed by atoms with Crippen LogP contribution in [0.1, 0.15) is 36.8 Å². The summed E-state index contributed by atoms with van der Waals surface area (Å²) in [5.74, 6) is -3.07. The summed E-state index contributed by atoms with van der Waals surface area (Å²) < 4.78 is 0. The van der Waals surface area contributed by atoms with E-state index in [1.807, 2.05) is 0 Å². The largest absolute Gasteiger partial charge is 0.508 e. The van der Waals surface area contributed by atoms with Crippen molar-refractivity contribution in [2.75, 3.05) is 32.7 Å². The van der Waals surface area contributed by atoms with E-state index in [1.54, 1.807) is 24.3 Å². The number of phenolic OH excluding ortho intramolecular Hbond substituents is 2. The summed E-state index contributed by atoms with van der Waals surface area (Å²) >= 11 is 0. The molecule has 1 aliphatic rings. The zero-order valence-corrected chi connectivity index (χ0v) is 26.8. The monoisotopic (exact) mass is 669 g/mol. The molecule has 0 saturated carbocycles. The molecule has 1 aliphatic heterocycles. The van der Waals surface area contributed by atoms with Crippen LogP contribution in [0.15, 0.2) is 36.4 Å². The van der Waals surface area contributed by atoms with Crippen molar-refractivity contribution in [1.29, 1.82) is 0 Å². The summed E-state index contributed by atoms with van der Waals surface area (Å²) in [6.07, 6.45) is 1.07. The van der Waals surface area contributed by atoms with E-state index in [0.29, 0.717) is 54.6 Å². The predicted octanol–water partition coefficient (Wildman–Crippen LogP) is -2.69. The molecule has 3 rings (SSSR count). The van der Waals surface area contributed by atoms with Crippen LogP contribution in [0.5, 0.6) is 11.5 Å². The fourth-order valence-electron chi connectivity index (χ4n) is 5.12. The molecule has 48 heavy (non-hydrogen) atoms. The number of benzene rings is 2. The van der Waals surface area contributed by atoms with Crippen LogP contribution in [0.2, 0.25) is 0 Å². The van der Waals surface area contributed by atoms with E-state index in [9.17, 15) is 34.2 Å². The van der Waals surface area contributed by atoms with Crippen LogP contribution < -0.4 is 49.5 Å². The number of aromatic hydroxyl groups is 2. The van der Waals surface area contributed by atoms with E-state index >= 15 is 0 Å². The van der Waals surface area contributed by atoms with E-state index < -0.39 is 54.3 Å². The summed E-state index contributed by atoms with van der Waals surface area (Å²) in [5, 5.41) is 34.2. The molecule has 16 heteroatoms. The number of phenols is 2. The lowest BCUT2D eigenvalue weighted by Gasteiger charge is -2.24. The number of fused-ring (bicyclic) bond motifs is 5. The molecule has 16 nitrogen and oxygen atoms in total. The van der Waals surface area contributed by atoms with E-state index in [4.69, 9.17) is 22.9 Å². The number of nitrogens with two attached hydrogens (primary N) is 4. The predicted molar refractivity (Wildman–Crippen MR) is 178 cm³/mol. The minimum atomic E-state index is -1.26. The smallest absolute Gasteiger partial charge is 0.243 e. The molecule has 15 N–H and O–H groups in total. The lowest BCUT2D eigenvalue weighted by Crippen LogP contribution is -2.57. The molecular weight excluding hydrogens is 622 g/mol. The number of hydrogen-bond donors (Lipinski definition) is 11. The van der Waals surface area contributed by atoms with Crippen LogP contribution >= 0.6 is 0 Å². The van der Waals surface area contributed by atoms with Gasteiger partial charge in [-0.25, -0.2) is 0 Å². The molecule has 262 valence electrons. The van der Waals surface area contributed by atoms with E-state index in [-0.39, 0.29) is 49.8 Å². The molecule has 0 spiro atoms. The maximum Gasteiger partial charge on any atom is 0.243 e. The highest BCUT2D eigenvalue weighted by Gasteiger charge is 2.30. The molecule has 2 aromatic rings. The fourth-order valence-corrected chi connectivity index (χ4v) is 5.12. The van der Waals surface area contributed by atoms with Gasteiger partial charge in [-0.1, -0.05) is 12.1 Å². The van der Waals surface area contributed by atoms with Gasteiger partial charge in [-0.05, 0) is 78.7 Å². The highest BCUT2D eigenvalue weighted by Crippen LogP contribution is 2.30. The summed E-state index contributed by atoms with van der Waals surface area (Å²) in [6, 6.07) is 5.36. The van der Waals surface area contributed by atoms with Gasteiger partial charge in [0.2, 0.25) is 29.5 Å². The average molecular weight is 670 g/mol. The highest BCUT2D eigenvalue weighted by atomic mass is 16.3. The Balaban J connectivity index is 1.79. The van der Waals surface area contributed by atoms with Gasteiger partial charge in [0.05, 0.1) is 18.6 Å². The highest BCUT2D eigenvalue weighted by molar-refractivity contribution is 5.94. The Morgan fingerprint density at radius 2 is 1.48 bits per heavy atom. The first-order valence-electron chi connectivity index (χ1n) is 15.9. The Labute approximate surface area is 278 Å². The molecule has 0 fully saturated rings. The van der Waals surface area contributed by atoms with Gasteiger partial charge in [-0.2, -0.15) is 0 Å². The molecule has 1 heterocycles. The van der Waals surface area contributed by atoms with E-state index in [1.165, 1.54) is 12.1 Å². The van der Waals surface area contributed by atoms with E-state index in [2.05, 4.69) is 26.6 Å². The second kappa shape index (κ2) is 18.5. The number of carbonyl (C=O) groups is 5. The van der Waals surface area contributed by atoms with Gasteiger partial charge in [0, 0.05) is 32.5 Å². The first-order valence-corrected chi connectivity index (χ1v) is 15.9.